The smallest absolute Gasteiger partial charge is 0.0933 e. The largest absolute Gasteiger partial charge is 0.385 e. The quantitative estimate of drug-likeness (QED) is 0.406. The van der Waals surface area contributed by atoms with Crippen molar-refractivity contribution in [3.63, 3.8) is 0 Å². The zero-order chi connectivity index (χ0) is 3.86. The molecule has 0 saturated heterocycles. The highest BCUT2D eigenvalue weighted by Gasteiger charge is 2.13. The Bertz CT molecular complexity index is 73.7. The summed E-state index contributed by atoms with van der Waals surface area (Å²) >= 11 is 0. The molecule has 0 fully saturated rings. The molecule has 1 atom stereocenters. The summed E-state index contributed by atoms with van der Waals surface area (Å²) in [6.07, 6.45) is 1.65. The molecular weight excluding hydrogens is 64.0 g/mol. The Hall–Kier alpha value is -0.300. The Morgan fingerprint density at radius 1 is 2.00 bits per heavy atom. The van der Waals surface area contributed by atoms with Gasteiger partial charge >= 0.3 is 0 Å². The first-order valence-corrected chi connectivity index (χ1v) is 1.67. The van der Waals surface area contributed by atoms with Crippen molar-refractivity contribution in [2.24, 2.45) is 0 Å². The summed E-state index contributed by atoms with van der Waals surface area (Å²) in [5.41, 5.74) is 1.10. The molecule has 1 unspecified atom stereocenters. The van der Waals surface area contributed by atoms with Crippen LogP contribution in [-0.2, 0) is 0 Å². The van der Waals surface area contributed by atoms with Crippen LogP contribution in [0.25, 0.3) is 0 Å². The van der Waals surface area contributed by atoms with Crippen molar-refractivity contribution >= 4 is 0 Å². The lowest BCUT2D eigenvalue weighted by Gasteiger charge is -1.70. The summed E-state index contributed by atoms with van der Waals surface area (Å²) in [5.74, 6) is 0. The van der Waals surface area contributed by atoms with E-state index in [1.54, 1.807) is 6.08 Å². The SMILES string of the molecule is CC1=CC1O. The third-order valence-corrected chi connectivity index (χ3v) is 0.778. The van der Waals surface area contributed by atoms with Gasteiger partial charge in [0.2, 0.25) is 0 Å². The molecule has 1 nitrogen and oxygen atoms in total. The molecule has 1 aliphatic carbocycles. The predicted octanol–water partition coefficient (Wildman–Crippen LogP) is 0.307. The Kier molecular flexibility index (Phi) is 0.350. The maximum atomic E-state index is 8.34. The summed E-state index contributed by atoms with van der Waals surface area (Å²) in [4.78, 5) is 0. The molecule has 0 saturated carbocycles. The summed E-state index contributed by atoms with van der Waals surface area (Å²) in [5, 5.41) is 8.34. The minimum absolute atomic E-state index is 0.157. The van der Waals surface area contributed by atoms with Gasteiger partial charge in [-0.2, -0.15) is 0 Å². The molecule has 1 rings (SSSR count). The molecule has 1 aliphatic rings. The lowest BCUT2D eigenvalue weighted by molar-refractivity contribution is 0.296. The summed E-state index contributed by atoms with van der Waals surface area (Å²) < 4.78 is 0. The summed E-state index contributed by atoms with van der Waals surface area (Å²) in [7, 11) is 0. The van der Waals surface area contributed by atoms with Crippen molar-refractivity contribution in [2.45, 2.75) is 13.0 Å². The zero-order valence-corrected chi connectivity index (χ0v) is 3.10. The maximum absolute atomic E-state index is 8.34. The maximum Gasteiger partial charge on any atom is 0.0933 e. The highest BCUT2D eigenvalue weighted by Crippen LogP contribution is 2.16. The molecule has 0 aromatic carbocycles. The number of hydrogen-bond donors (Lipinski definition) is 1. The minimum Gasteiger partial charge on any atom is -0.385 e. The molecule has 0 aromatic heterocycles. The van der Waals surface area contributed by atoms with Crippen molar-refractivity contribution < 1.29 is 5.11 Å². The highest BCUT2D eigenvalue weighted by molar-refractivity contribution is 5.28. The second-order valence-electron chi connectivity index (χ2n) is 1.36. The molecule has 0 aliphatic heterocycles. The molecule has 28 valence electrons. The van der Waals surface area contributed by atoms with E-state index in [4.69, 9.17) is 5.11 Å². The lowest BCUT2D eigenvalue weighted by Crippen LogP contribution is -1.76. The Morgan fingerprint density at radius 2 is 2.20 bits per heavy atom. The molecule has 0 aromatic rings. The second-order valence-corrected chi connectivity index (χ2v) is 1.36. The van der Waals surface area contributed by atoms with Gasteiger partial charge in [-0.25, -0.2) is 0 Å². The van der Waals surface area contributed by atoms with E-state index in [9.17, 15) is 0 Å². The van der Waals surface area contributed by atoms with E-state index < -0.39 is 0 Å². The average molecular weight is 70.1 g/mol. The van der Waals surface area contributed by atoms with Crippen LogP contribution in [0.1, 0.15) is 6.92 Å². The molecule has 0 radical (unpaired) electrons. The average Bonchev–Trinajstić information content (AvgIpc) is 1.79. The van der Waals surface area contributed by atoms with E-state index in [1.807, 2.05) is 6.92 Å². The minimum atomic E-state index is -0.157. The van der Waals surface area contributed by atoms with Gasteiger partial charge in [-0.3, -0.25) is 0 Å². The first-order valence-electron chi connectivity index (χ1n) is 1.67. The summed E-state index contributed by atoms with van der Waals surface area (Å²) in [6.45, 7) is 1.91. The molecule has 5 heavy (non-hydrogen) atoms. The van der Waals surface area contributed by atoms with Gasteiger partial charge in [-0.15, -0.1) is 0 Å². The van der Waals surface area contributed by atoms with Crippen molar-refractivity contribution in [2.75, 3.05) is 0 Å². The van der Waals surface area contributed by atoms with Crippen LogP contribution in [0.4, 0.5) is 0 Å². The van der Waals surface area contributed by atoms with E-state index in [1.165, 1.54) is 0 Å². The van der Waals surface area contributed by atoms with E-state index in [0.29, 0.717) is 0 Å². The molecule has 1 N–H and O–H groups in total. The normalized spacial score (nSPS) is 33.2. The Labute approximate surface area is 30.9 Å². The predicted molar refractivity (Wildman–Crippen MR) is 19.8 cm³/mol. The summed E-state index contributed by atoms with van der Waals surface area (Å²) in [6, 6.07) is 0. The van der Waals surface area contributed by atoms with Gasteiger partial charge in [0, 0.05) is 0 Å². The standard InChI is InChI=1S/C4H6O/c1-3-2-4(3)5/h2,4-5H,1H3. The van der Waals surface area contributed by atoms with Gasteiger partial charge in [-0.05, 0) is 12.5 Å². The van der Waals surface area contributed by atoms with Crippen molar-refractivity contribution in [3.05, 3.63) is 11.6 Å². The van der Waals surface area contributed by atoms with Gasteiger partial charge < -0.3 is 5.11 Å². The van der Waals surface area contributed by atoms with Crippen molar-refractivity contribution in [1.82, 2.24) is 0 Å². The van der Waals surface area contributed by atoms with Crippen LogP contribution in [0.5, 0.6) is 0 Å². The fourth-order valence-corrected chi connectivity index (χ4v) is 0.201. The van der Waals surface area contributed by atoms with Gasteiger partial charge in [-0.1, -0.05) is 6.08 Å². The van der Waals surface area contributed by atoms with Crippen LogP contribution >= 0.6 is 0 Å². The molecular formula is C4H6O. The van der Waals surface area contributed by atoms with Crippen molar-refractivity contribution in [3.8, 4) is 0 Å². The molecule has 0 heterocycles. The molecule has 0 spiro atoms. The third-order valence-electron chi connectivity index (χ3n) is 0.778. The number of aliphatic hydroxyl groups excluding tert-OH is 1. The first-order chi connectivity index (χ1) is 2.30. The molecule has 1 heteroatoms. The second kappa shape index (κ2) is 0.601. The van der Waals surface area contributed by atoms with Gasteiger partial charge in [0.15, 0.2) is 0 Å². The topological polar surface area (TPSA) is 20.2 Å². The van der Waals surface area contributed by atoms with Crippen LogP contribution < -0.4 is 0 Å². The number of aliphatic hydroxyl groups is 1. The molecule has 0 amide bonds. The van der Waals surface area contributed by atoms with Gasteiger partial charge in [0.25, 0.3) is 0 Å². The van der Waals surface area contributed by atoms with Crippen LogP contribution in [-0.4, -0.2) is 11.2 Å². The van der Waals surface area contributed by atoms with E-state index >= 15 is 0 Å². The monoisotopic (exact) mass is 70.0 g/mol. The van der Waals surface area contributed by atoms with E-state index in [2.05, 4.69) is 0 Å². The third kappa shape index (κ3) is 0.329. The van der Waals surface area contributed by atoms with E-state index in [0.717, 1.165) is 5.57 Å². The number of hydrogen-bond acceptors (Lipinski definition) is 1. The first kappa shape index (κ1) is 2.91. The fraction of sp³-hybridized carbons (Fsp3) is 0.500. The van der Waals surface area contributed by atoms with E-state index in [-0.39, 0.29) is 6.10 Å². The molecule has 0 bridgehead atoms. The van der Waals surface area contributed by atoms with Gasteiger partial charge in [0.05, 0.1) is 6.10 Å². The van der Waals surface area contributed by atoms with Crippen LogP contribution in [0.2, 0.25) is 0 Å². The van der Waals surface area contributed by atoms with Crippen LogP contribution in [0, 0.1) is 0 Å². The van der Waals surface area contributed by atoms with Gasteiger partial charge in [0.1, 0.15) is 0 Å². The van der Waals surface area contributed by atoms with Crippen LogP contribution in [0.3, 0.4) is 0 Å². The Balaban J connectivity index is 2.38. The lowest BCUT2D eigenvalue weighted by atomic mass is 10.5. The highest BCUT2D eigenvalue weighted by atomic mass is 16.3. The van der Waals surface area contributed by atoms with Crippen molar-refractivity contribution in [1.29, 1.82) is 0 Å². The number of rotatable bonds is 0. The van der Waals surface area contributed by atoms with Crippen LogP contribution in [0.15, 0.2) is 11.6 Å². The Morgan fingerprint density at radius 3 is 2.20 bits per heavy atom. The zero-order valence-electron chi connectivity index (χ0n) is 3.10. The fourth-order valence-electron chi connectivity index (χ4n) is 0.201.